The van der Waals surface area contributed by atoms with Crippen LogP contribution in [0.4, 0.5) is 16.2 Å². The summed E-state index contributed by atoms with van der Waals surface area (Å²) >= 11 is 0. The van der Waals surface area contributed by atoms with E-state index in [9.17, 15) is 4.79 Å². The summed E-state index contributed by atoms with van der Waals surface area (Å²) in [6.07, 6.45) is 3.37. The predicted octanol–water partition coefficient (Wildman–Crippen LogP) is 3.89. The van der Waals surface area contributed by atoms with Crippen molar-refractivity contribution in [1.82, 2.24) is 9.80 Å². The van der Waals surface area contributed by atoms with Crippen molar-refractivity contribution in [3.63, 3.8) is 0 Å². The van der Waals surface area contributed by atoms with E-state index in [-0.39, 0.29) is 0 Å². The highest BCUT2D eigenvalue weighted by Crippen LogP contribution is 2.26. The van der Waals surface area contributed by atoms with Gasteiger partial charge in [-0.2, -0.15) is 0 Å². The van der Waals surface area contributed by atoms with Gasteiger partial charge in [0.05, 0.1) is 0 Å². The van der Waals surface area contributed by atoms with Crippen molar-refractivity contribution in [2.75, 3.05) is 57.0 Å². The van der Waals surface area contributed by atoms with Crippen LogP contribution in [0.2, 0.25) is 0 Å². The SMILES string of the molecule is CN1CCC(N(C)CC2CCN(c3ccc(NC(=O)OC(C)(C)C)cc3)CC2)C1. The number of piperidine rings is 1. The average molecular weight is 403 g/mol. The first-order valence-electron chi connectivity index (χ1n) is 10.9. The molecule has 162 valence electrons. The lowest BCUT2D eigenvalue weighted by Crippen LogP contribution is -2.41. The van der Waals surface area contributed by atoms with E-state index in [0.717, 1.165) is 30.7 Å². The Bertz CT molecular complexity index is 662. The molecule has 6 nitrogen and oxygen atoms in total. The number of nitrogens with zero attached hydrogens (tertiary/aromatic N) is 3. The molecule has 3 rings (SSSR count). The maximum absolute atomic E-state index is 11.9. The Hall–Kier alpha value is -1.79. The van der Waals surface area contributed by atoms with E-state index in [1.54, 1.807) is 0 Å². The van der Waals surface area contributed by atoms with Gasteiger partial charge in [0.2, 0.25) is 0 Å². The molecule has 1 amide bonds. The summed E-state index contributed by atoms with van der Waals surface area (Å²) < 4.78 is 5.31. The fraction of sp³-hybridized carbons (Fsp3) is 0.696. The van der Waals surface area contributed by atoms with E-state index in [1.165, 1.54) is 44.6 Å². The minimum atomic E-state index is -0.490. The Morgan fingerprint density at radius 2 is 1.79 bits per heavy atom. The summed E-state index contributed by atoms with van der Waals surface area (Å²) in [6, 6.07) is 8.81. The zero-order valence-corrected chi connectivity index (χ0v) is 18.8. The second-order valence-electron chi connectivity index (χ2n) is 9.75. The Labute approximate surface area is 176 Å². The van der Waals surface area contributed by atoms with Gasteiger partial charge in [0.1, 0.15) is 5.60 Å². The molecule has 2 saturated heterocycles. The number of hydrogen-bond donors (Lipinski definition) is 1. The van der Waals surface area contributed by atoms with Crippen LogP contribution >= 0.6 is 0 Å². The Balaban J connectivity index is 1.44. The summed E-state index contributed by atoms with van der Waals surface area (Å²) in [5.74, 6) is 0.787. The largest absolute Gasteiger partial charge is 0.444 e. The molecule has 0 saturated carbocycles. The van der Waals surface area contributed by atoms with Crippen LogP contribution in [0.3, 0.4) is 0 Å². The van der Waals surface area contributed by atoms with Crippen LogP contribution in [0.5, 0.6) is 0 Å². The number of carbonyl (C=O) groups is 1. The van der Waals surface area contributed by atoms with Gasteiger partial charge in [-0.15, -0.1) is 0 Å². The number of likely N-dealkylation sites (N-methyl/N-ethyl adjacent to an activating group) is 2. The highest BCUT2D eigenvalue weighted by molar-refractivity contribution is 5.85. The van der Waals surface area contributed by atoms with Gasteiger partial charge in [-0.1, -0.05) is 0 Å². The maximum Gasteiger partial charge on any atom is 0.412 e. The van der Waals surface area contributed by atoms with Crippen molar-refractivity contribution in [2.45, 2.75) is 51.7 Å². The first-order valence-corrected chi connectivity index (χ1v) is 10.9. The molecule has 0 spiro atoms. The van der Waals surface area contributed by atoms with Crippen molar-refractivity contribution >= 4 is 17.5 Å². The third-order valence-corrected chi connectivity index (χ3v) is 6.03. The summed E-state index contributed by atoms with van der Waals surface area (Å²) in [5, 5.41) is 2.80. The number of anilines is 2. The molecule has 0 aromatic heterocycles. The molecular formula is C23H38N4O2. The highest BCUT2D eigenvalue weighted by atomic mass is 16.6. The summed E-state index contributed by atoms with van der Waals surface area (Å²) in [4.78, 5) is 19.4. The first kappa shape index (κ1) is 21.9. The Kier molecular flexibility index (Phi) is 7.06. The number of nitrogens with one attached hydrogen (secondary N) is 1. The predicted molar refractivity (Wildman–Crippen MR) is 120 cm³/mol. The molecule has 29 heavy (non-hydrogen) atoms. The van der Waals surface area contributed by atoms with E-state index < -0.39 is 11.7 Å². The van der Waals surface area contributed by atoms with Gasteiger partial charge in [0.25, 0.3) is 0 Å². The van der Waals surface area contributed by atoms with Gasteiger partial charge >= 0.3 is 6.09 Å². The number of carbonyl (C=O) groups excluding carboxylic acids is 1. The second-order valence-corrected chi connectivity index (χ2v) is 9.75. The highest BCUT2D eigenvalue weighted by Gasteiger charge is 2.27. The van der Waals surface area contributed by atoms with Gasteiger partial charge in [0, 0.05) is 43.6 Å². The summed E-state index contributed by atoms with van der Waals surface area (Å²) in [6.45, 7) is 11.4. The standard InChI is InChI=1S/C23H38N4O2/c1-23(2,3)29-22(28)24-19-6-8-20(9-7-19)27-14-10-18(11-15-27)16-26(5)21-12-13-25(4)17-21/h6-9,18,21H,10-17H2,1-5H3,(H,24,28). The van der Waals surface area contributed by atoms with Crippen LogP contribution in [0.25, 0.3) is 0 Å². The molecule has 1 N–H and O–H groups in total. The minimum Gasteiger partial charge on any atom is -0.444 e. The first-order chi connectivity index (χ1) is 13.7. The van der Waals surface area contributed by atoms with Gasteiger partial charge in [-0.3, -0.25) is 5.32 Å². The molecule has 0 radical (unpaired) electrons. The van der Waals surface area contributed by atoms with E-state index >= 15 is 0 Å². The molecular weight excluding hydrogens is 364 g/mol. The van der Waals surface area contributed by atoms with Gasteiger partial charge in [-0.25, -0.2) is 4.79 Å². The van der Waals surface area contributed by atoms with E-state index in [2.05, 4.69) is 46.2 Å². The lowest BCUT2D eigenvalue weighted by atomic mass is 9.95. The molecule has 0 aliphatic carbocycles. The maximum atomic E-state index is 11.9. The molecule has 1 aromatic carbocycles. The molecule has 6 heteroatoms. The molecule has 1 unspecified atom stereocenters. The third-order valence-electron chi connectivity index (χ3n) is 6.03. The normalized spacial score (nSPS) is 21.6. The fourth-order valence-corrected chi connectivity index (χ4v) is 4.38. The molecule has 2 aliphatic heterocycles. The summed E-state index contributed by atoms with van der Waals surface area (Å²) in [5.41, 5.74) is 1.50. The second kappa shape index (κ2) is 9.35. The lowest BCUT2D eigenvalue weighted by Gasteiger charge is -2.36. The average Bonchev–Trinajstić information content (AvgIpc) is 3.08. The monoisotopic (exact) mass is 402 g/mol. The van der Waals surface area contributed by atoms with Crippen molar-refractivity contribution in [2.24, 2.45) is 5.92 Å². The Morgan fingerprint density at radius 3 is 2.34 bits per heavy atom. The zero-order chi connectivity index (χ0) is 21.0. The van der Waals surface area contributed by atoms with E-state index in [0.29, 0.717) is 0 Å². The fourth-order valence-electron chi connectivity index (χ4n) is 4.38. The zero-order valence-electron chi connectivity index (χ0n) is 18.8. The number of likely N-dealkylation sites (tertiary alicyclic amines) is 1. The van der Waals surface area contributed by atoms with Crippen LogP contribution in [0.1, 0.15) is 40.0 Å². The van der Waals surface area contributed by atoms with Crippen LogP contribution in [0.15, 0.2) is 24.3 Å². The van der Waals surface area contributed by atoms with Crippen LogP contribution < -0.4 is 10.2 Å². The quantitative estimate of drug-likeness (QED) is 0.810. The van der Waals surface area contributed by atoms with E-state index in [1.807, 2.05) is 32.9 Å². The van der Waals surface area contributed by atoms with Crippen molar-refractivity contribution < 1.29 is 9.53 Å². The number of hydrogen-bond acceptors (Lipinski definition) is 5. The van der Waals surface area contributed by atoms with Crippen LogP contribution in [-0.4, -0.2) is 74.4 Å². The molecule has 1 atom stereocenters. The number of amides is 1. The van der Waals surface area contributed by atoms with Crippen molar-refractivity contribution in [1.29, 1.82) is 0 Å². The van der Waals surface area contributed by atoms with Gasteiger partial charge in [0.15, 0.2) is 0 Å². The smallest absolute Gasteiger partial charge is 0.412 e. The van der Waals surface area contributed by atoms with Gasteiger partial charge in [-0.05, 0) is 90.9 Å². The molecule has 2 heterocycles. The molecule has 0 bridgehead atoms. The number of rotatable bonds is 5. The molecule has 1 aromatic rings. The summed E-state index contributed by atoms with van der Waals surface area (Å²) in [7, 11) is 4.52. The lowest BCUT2D eigenvalue weighted by molar-refractivity contribution is 0.0636. The van der Waals surface area contributed by atoms with Crippen molar-refractivity contribution in [3.05, 3.63) is 24.3 Å². The van der Waals surface area contributed by atoms with Crippen LogP contribution in [0, 0.1) is 5.92 Å². The Morgan fingerprint density at radius 1 is 1.14 bits per heavy atom. The minimum absolute atomic E-state index is 0.413. The third kappa shape index (κ3) is 6.61. The molecule has 2 fully saturated rings. The van der Waals surface area contributed by atoms with Crippen LogP contribution in [-0.2, 0) is 4.74 Å². The van der Waals surface area contributed by atoms with Crippen molar-refractivity contribution in [3.8, 4) is 0 Å². The number of benzene rings is 1. The molecule has 2 aliphatic rings. The topological polar surface area (TPSA) is 48.0 Å². The van der Waals surface area contributed by atoms with Gasteiger partial charge < -0.3 is 19.4 Å². The number of ether oxygens (including phenoxy) is 1. The van der Waals surface area contributed by atoms with E-state index in [4.69, 9.17) is 4.74 Å².